The van der Waals surface area contributed by atoms with Crippen LogP contribution < -0.4 is 5.73 Å². The Bertz CT molecular complexity index is 391. The van der Waals surface area contributed by atoms with Crippen LogP contribution in [-0.2, 0) is 12.7 Å². The largest absolute Gasteiger partial charge is 0.506 e. The van der Waals surface area contributed by atoms with Crippen molar-refractivity contribution in [3.63, 3.8) is 0 Å². The number of hydrogen-bond acceptors (Lipinski definition) is 3. The molecule has 16 heavy (non-hydrogen) atoms. The molecule has 0 radical (unpaired) electrons. The van der Waals surface area contributed by atoms with Gasteiger partial charge in [0.1, 0.15) is 11.4 Å². The second-order valence-electron chi connectivity index (χ2n) is 2.88. The maximum Gasteiger partial charge on any atom is 0.418 e. The highest BCUT2D eigenvalue weighted by Crippen LogP contribution is 2.40. The van der Waals surface area contributed by atoms with E-state index in [0.29, 0.717) is 6.20 Å². The first-order valence-electron chi connectivity index (χ1n) is 4.05. The lowest BCUT2D eigenvalue weighted by Gasteiger charge is -2.16. The second kappa shape index (κ2) is 4.20. The third-order valence-electron chi connectivity index (χ3n) is 1.89. The second-order valence-corrected chi connectivity index (χ2v) is 2.88. The average molecular weight is 242 g/mol. The number of nitrogens with two attached hydrogens (primary N) is 1. The molecule has 0 unspecified atom stereocenters. The summed E-state index contributed by atoms with van der Waals surface area (Å²) in [6.45, 7) is -0.705. The van der Waals surface area contributed by atoms with Crippen LogP contribution in [0.2, 0.25) is 0 Å². The van der Waals surface area contributed by atoms with E-state index in [1.54, 1.807) is 0 Å². The first kappa shape index (κ1) is 12.6. The van der Waals surface area contributed by atoms with Gasteiger partial charge in [0.15, 0.2) is 0 Å². The average Bonchev–Trinajstić information content (AvgIpc) is 2.15. The van der Waals surface area contributed by atoms with Crippen LogP contribution in [0.1, 0.15) is 23.2 Å². The molecule has 0 bridgehead atoms. The quantitative estimate of drug-likeness (QED) is 0.781. The number of nitrogens with zero attached hydrogens (tertiary/aromatic N) is 1. The Labute approximate surface area is 86.7 Å². The molecule has 0 aromatic carbocycles. The van der Waals surface area contributed by atoms with Crippen LogP contribution in [0.25, 0.3) is 0 Å². The van der Waals surface area contributed by atoms with Crippen LogP contribution in [0.5, 0.6) is 5.75 Å². The number of alkyl halides is 5. The molecule has 0 aliphatic rings. The van der Waals surface area contributed by atoms with Gasteiger partial charge in [0, 0.05) is 12.1 Å². The Morgan fingerprint density at radius 1 is 1.38 bits per heavy atom. The molecule has 1 aromatic rings. The zero-order chi connectivity index (χ0) is 12.5. The van der Waals surface area contributed by atoms with Crippen LogP contribution in [0, 0.1) is 0 Å². The molecule has 1 aromatic heterocycles. The fourth-order valence-corrected chi connectivity index (χ4v) is 1.24. The van der Waals surface area contributed by atoms with Crippen molar-refractivity contribution in [2.24, 2.45) is 5.73 Å². The number of rotatable bonds is 2. The van der Waals surface area contributed by atoms with Crippen molar-refractivity contribution in [3.05, 3.63) is 23.0 Å². The van der Waals surface area contributed by atoms with Gasteiger partial charge in [-0.15, -0.1) is 0 Å². The molecule has 0 saturated heterocycles. The number of hydrogen-bond donors (Lipinski definition) is 2. The number of halogens is 5. The molecule has 3 nitrogen and oxygen atoms in total. The highest BCUT2D eigenvalue weighted by molar-refractivity contribution is 5.42. The maximum absolute atomic E-state index is 12.5. The van der Waals surface area contributed by atoms with Crippen molar-refractivity contribution < 1.29 is 27.1 Å². The number of aromatic nitrogens is 1. The zero-order valence-corrected chi connectivity index (χ0v) is 7.72. The van der Waals surface area contributed by atoms with E-state index in [1.807, 2.05) is 0 Å². The zero-order valence-electron chi connectivity index (χ0n) is 7.72. The van der Waals surface area contributed by atoms with Crippen LogP contribution in [0.3, 0.4) is 0 Å². The van der Waals surface area contributed by atoms with E-state index in [1.165, 1.54) is 0 Å². The minimum Gasteiger partial charge on any atom is -0.506 e. The smallest absolute Gasteiger partial charge is 0.418 e. The monoisotopic (exact) mass is 242 g/mol. The third kappa shape index (κ3) is 2.21. The van der Waals surface area contributed by atoms with E-state index in [0.717, 1.165) is 0 Å². The predicted molar refractivity (Wildman–Crippen MR) is 43.8 cm³/mol. The van der Waals surface area contributed by atoms with Crippen molar-refractivity contribution in [1.29, 1.82) is 0 Å². The topological polar surface area (TPSA) is 59.1 Å². The fraction of sp³-hybridized carbons (Fsp3) is 0.375. The van der Waals surface area contributed by atoms with E-state index in [-0.39, 0.29) is 0 Å². The first-order chi connectivity index (χ1) is 7.29. The molecule has 0 atom stereocenters. The van der Waals surface area contributed by atoms with Crippen LogP contribution in [-0.4, -0.2) is 10.1 Å². The van der Waals surface area contributed by atoms with E-state index in [2.05, 4.69) is 4.98 Å². The summed E-state index contributed by atoms with van der Waals surface area (Å²) < 4.78 is 62.1. The molecular formula is C8H7F5N2O. The SMILES string of the molecule is NCc1c(O)cnc(C(F)F)c1C(F)(F)F. The Hall–Kier alpha value is -1.44. The minimum absolute atomic E-state index is 0.527. The molecule has 1 heterocycles. The van der Waals surface area contributed by atoms with Crippen molar-refractivity contribution in [2.75, 3.05) is 0 Å². The van der Waals surface area contributed by atoms with E-state index >= 15 is 0 Å². The molecule has 90 valence electrons. The lowest BCUT2D eigenvalue weighted by molar-refractivity contribution is -0.140. The molecule has 0 spiro atoms. The Balaban J connectivity index is 3.54. The summed E-state index contributed by atoms with van der Waals surface area (Å²) in [5, 5.41) is 9.07. The normalized spacial score (nSPS) is 12.2. The molecule has 0 saturated carbocycles. The van der Waals surface area contributed by atoms with Gasteiger partial charge in [-0.1, -0.05) is 0 Å². The highest BCUT2D eigenvalue weighted by Gasteiger charge is 2.40. The molecule has 0 fully saturated rings. The molecule has 0 amide bonds. The van der Waals surface area contributed by atoms with E-state index < -0.39 is 41.7 Å². The summed E-state index contributed by atoms with van der Waals surface area (Å²) in [7, 11) is 0. The lowest BCUT2D eigenvalue weighted by Crippen LogP contribution is -2.17. The van der Waals surface area contributed by atoms with Gasteiger partial charge in [0.25, 0.3) is 6.43 Å². The molecule has 8 heteroatoms. The minimum atomic E-state index is -5.04. The van der Waals surface area contributed by atoms with Crippen molar-refractivity contribution >= 4 is 0 Å². The first-order valence-corrected chi connectivity index (χ1v) is 4.05. The van der Waals surface area contributed by atoms with Gasteiger partial charge in [-0.3, -0.25) is 4.98 Å². The third-order valence-corrected chi connectivity index (χ3v) is 1.89. The van der Waals surface area contributed by atoms with Crippen LogP contribution >= 0.6 is 0 Å². The van der Waals surface area contributed by atoms with Gasteiger partial charge < -0.3 is 10.8 Å². The molecule has 1 rings (SSSR count). The highest BCUT2D eigenvalue weighted by atomic mass is 19.4. The number of pyridine rings is 1. The van der Waals surface area contributed by atoms with Gasteiger partial charge in [-0.2, -0.15) is 13.2 Å². The summed E-state index contributed by atoms with van der Waals surface area (Å²) >= 11 is 0. The van der Waals surface area contributed by atoms with Gasteiger partial charge in [0.2, 0.25) is 0 Å². The number of aromatic hydroxyl groups is 1. The predicted octanol–water partition coefficient (Wildman–Crippen LogP) is 2.20. The van der Waals surface area contributed by atoms with Gasteiger partial charge in [0.05, 0.1) is 11.8 Å². The fourth-order valence-electron chi connectivity index (χ4n) is 1.24. The molecule has 0 aliphatic carbocycles. The van der Waals surface area contributed by atoms with Gasteiger partial charge >= 0.3 is 6.18 Å². The van der Waals surface area contributed by atoms with E-state index in [9.17, 15) is 22.0 Å². The lowest BCUT2D eigenvalue weighted by atomic mass is 10.1. The molecule has 0 aliphatic heterocycles. The van der Waals surface area contributed by atoms with E-state index in [4.69, 9.17) is 10.8 Å². The Kier molecular flexibility index (Phi) is 3.32. The summed E-state index contributed by atoms with van der Waals surface area (Å²) in [5.41, 5.74) is 1.12. The van der Waals surface area contributed by atoms with Crippen molar-refractivity contribution in [3.8, 4) is 5.75 Å². The van der Waals surface area contributed by atoms with Crippen molar-refractivity contribution in [2.45, 2.75) is 19.1 Å². The van der Waals surface area contributed by atoms with Gasteiger partial charge in [-0.05, 0) is 0 Å². The van der Waals surface area contributed by atoms with Crippen LogP contribution in [0.15, 0.2) is 6.20 Å². The Morgan fingerprint density at radius 2 is 1.94 bits per heavy atom. The summed E-state index contributed by atoms with van der Waals surface area (Å²) in [6.07, 6.45) is -7.90. The maximum atomic E-state index is 12.5. The Morgan fingerprint density at radius 3 is 2.31 bits per heavy atom. The molecular weight excluding hydrogens is 235 g/mol. The summed E-state index contributed by atoms with van der Waals surface area (Å²) in [5.74, 6) is -0.848. The standard InChI is InChI=1S/C8H7F5N2O/c9-7(10)6-5(8(11,12)13)3(1-14)4(16)2-15-6/h2,7,16H,1,14H2. The van der Waals surface area contributed by atoms with Crippen LogP contribution in [0.4, 0.5) is 22.0 Å². The summed E-state index contributed by atoms with van der Waals surface area (Å²) in [4.78, 5) is 2.88. The molecule has 3 N–H and O–H groups in total. The van der Waals surface area contributed by atoms with Crippen molar-refractivity contribution in [1.82, 2.24) is 4.98 Å². The summed E-state index contributed by atoms with van der Waals surface area (Å²) in [6, 6.07) is 0. The van der Waals surface area contributed by atoms with Gasteiger partial charge in [-0.25, -0.2) is 8.78 Å².